The van der Waals surface area contributed by atoms with E-state index in [1.54, 1.807) is 19.2 Å². The quantitative estimate of drug-likeness (QED) is 0.717. The summed E-state index contributed by atoms with van der Waals surface area (Å²) in [6, 6.07) is 4.95. The van der Waals surface area contributed by atoms with Crippen molar-refractivity contribution in [2.24, 2.45) is 0 Å². The van der Waals surface area contributed by atoms with Gasteiger partial charge in [-0.25, -0.2) is 4.79 Å². The molecule has 72 valence electrons. The number of carbonyl (C=O) groups is 2. The van der Waals surface area contributed by atoms with E-state index in [9.17, 15) is 9.59 Å². The van der Waals surface area contributed by atoms with Gasteiger partial charge in [0, 0.05) is 7.05 Å². The van der Waals surface area contributed by atoms with E-state index in [-0.39, 0.29) is 11.5 Å². The minimum Gasteiger partial charge on any atom is -0.478 e. The van der Waals surface area contributed by atoms with Crippen LogP contribution in [0.3, 0.4) is 0 Å². The van der Waals surface area contributed by atoms with Crippen molar-refractivity contribution in [3.05, 3.63) is 29.3 Å². The van der Waals surface area contributed by atoms with Gasteiger partial charge in [-0.15, -0.1) is 0 Å². The molecule has 0 atom stereocenters. The number of likely N-dealkylation sites (N-methyl/N-ethyl adjacent to an activating group) is 1. The number of carbonyl (C=O) groups excluding carboxylic acids is 1. The highest BCUT2D eigenvalue weighted by Crippen LogP contribution is 2.31. The number of carboxylic acids is 1. The van der Waals surface area contributed by atoms with E-state index in [2.05, 4.69) is 0 Å². The zero-order chi connectivity index (χ0) is 10.3. The number of carboxylic acid groups (broad SMARTS) is 1. The number of fused-ring (bicyclic) bond motifs is 1. The number of hydrogen-bond acceptors (Lipinski definition) is 2. The Labute approximate surface area is 80.8 Å². The van der Waals surface area contributed by atoms with Gasteiger partial charge in [-0.3, -0.25) is 4.79 Å². The molecular weight excluding hydrogens is 182 g/mol. The zero-order valence-electron chi connectivity index (χ0n) is 7.65. The molecule has 0 saturated heterocycles. The number of nitrogens with zero attached hydrogens (tertiary/aromatic N) is 1. The molecule has 0 aliphatic carbocycles. The number of aromatic carboxylic acids is 1. The summed E-state index contributed by atoms with van der Waals surface area (Å²) in [5.41, 5.74) is 1.51. The van der Waals surface area contributed by atoms with Crippen molar-refractivity contribution in [1.29, 1.82) is 0 Å². The van der Waals surface area contributed by atoms with E-state index in [0.717, 1.165) is 5.56 Å². The molecule has 14 heavy (non-hydrogen) atoms. The second-order valence-electron chi connectivity index (χ2n) is 3.25. The van der Waals surface area contributed by atoms with Gasteiger partial charge in [-0.05, 0) is 11.6 Å². The van der Waals surface area contributed by atoms with Crippen molar-refractivity contribution >= 4 is 17.6 Å². The average Bonchev–Trinajstić information content (AvgIpc) is 2.43. The number of amides is 1. The van der Waals surface area contributed by atoms with E-state index in [4.69, 9.17) is 5.11 Å². The van der Waals surface area contributed by atoms with Crippen molar-refractivity contribution in [2.75, 3.05) is 11.9 Å². The predicted molar refractivity (Wildman–Crippen MR) is 50.5 cm³/mol. The van der Waals surface area contributed by atoms with Gasteiger partial charge in [0.2, 0.25) is 5.91 Å². The maximum absolute atomic E-state index is 11.3. The van der Waals surface area contributed by atoms with Gasteiger partial charge in [0.1, 0.15) is 0 Å². The Kier molecular flexibility index (Phi) is 1.77. The van der Waals surface area contributed by atoms with Crippen LogP contribution in [-0.2, 0) is 11.2 Å². The highest BCUT2D eigenvalue weighted by atomic mass is 16.4. The number of hydrogen-bond donors (Lipinski definition) is 1. The van der Waals surface area contributed by atoms with Crippen LogP contribution in [0, 0.1) is 0 Å². The molecule has 0 spiro atoms. The summed E-state index contributed by atoms with van der Waals surface area (Å²) < 4.78 is 0. The summed E-state index contributed by atoms with van der Waals surface area (Å²) in [6.45, 7) is 0. The standard InChI is InChI=1S/C10H9NO3/c1-11-8(12)5-6-3-2-4-7(9(6)11)10(13)14/h2-4H,5H2,1H3,(H,13,14). The largest absolute Gasteiger partial charge is 0.478 e. The van der Waals surface area contributed by atoms with Crippen LogP contribution in [0.1, 0.15) is 15.9 Å². The molecule has 0 fully saturated rings. The maximum atomic E-state index is 11.3. The van der Waals surface area contributed by atoms with Crippen molar-refractivity contribution in [1.82, 2.24) is 0 Å². The highest BCUT2D eigenvalue weighted by molar-refractivity contribution is 6.07. The number of benzene rings is 1. The van der Waals surface area contributed by atoms with Gasteiger partial charge < -0.3 is 10.0 Å². The summed E-state index contributed by atoms with van der Waals surface area (Å²) in [5.74, 6) is -1.06. The summed E-state index contributed by atoms with van der Waals surface area (Å²) in [5, 5.41) is 8.92. The van der Waals surface area contributed by atoms with E-state index in [1.165, 1.54) is 11.0 Å². The third-order valence-corrected chi connectivity index (χ3v) is 2.40. The molecule has 0 saturated carbocycles. The fraction of sp³-hybridized carbons (Fsp3) is 0.200. The molecule has 1 N–H and O–H groups in total. The molecule has 4 heteroatoms. The van der Waals surface area contributed by atoms with Crippen molar-refractivity contribution in [3.8, 4) is 0 Å². The molecule has 1 amide bonds. The van der Waals surface area contributed by atoms with Gasteiger partial charge in [-0.1, -0.05) is 12.1 Å². The second kappa shape index (κ2) is 2.83. The third kappa shape index (κ3) is 1.08. The molecule has 4 nitrogen and oxygen atoms in total. The van der Waals surface area contributed by atoms with Crippen LogP contribution in [0.4, 0.5) is 5.69 Å². The molecule has 2 rings (SSSR count). The minimum atomic E-state index is -0.997. The van der Waals surface area contributed by atoms with Crippen molar-refractivity contribution in [3.63, 3.8) is 0 Å². The second-order valence-corrected chi connectivity index (χ2v) is 3.25. The summed E-state index contributed by atoms with van der Waals surface area (Å²) >= 11 is 0. The van der Waals surface area contributed by atoms with E-state index >= 15 is 0 Å². The first-order chi connectivity index (χ1) is 6.61. The monoisotopic (exact) mass is 191 g/mol. The van der Waals surface area contributed by atoms with Gasteiger partial charge >= 0.3 is 5.97 Å². The van der Waals surface area contributed by atoms with Crippen LogP contribution in [0.2, 0.25) is 0 Å². The topological polar surface area (TPSA) is 57.6 Å². The van der Waals surface area contributed by atoms with Crippen molar-refractivity contribution in [2.45, 2.75) is 6.42 Å². The van der Waals surface area contributed by atoms with Crippen LogP contribution < -0.4 is 4.90 Å². The Balaban J connectivity index is 2.64. The normalized spacial score (nSPS) is 14.4. The van der Waals surface area contributed by atoms with Crippen LogP contribution >= 0.6 is 0 Å². The average molecular weight is 191 g/mol. The van der Waals surface area contributed by atoms with Crippen LogP contribution in [0.25, 0.3) is 0 Å². The van der Waals surface area contributed by atoms with E-state index < -0.39 is 5.97 Å². The molecule has 1 heterocycles. The highest BCUT2D eigenvalue weighted by Gasteiger charge is 2.28. The molecule has 0 bridgehead atoms. The molecule has 0 radical (unpaired) electrons. The zero-order valence-corrected chi connectivity index (χ0v) is 7.65. The summed E-state index contributed by atoms with van der Waals surface area (Å²) in [4.78, 5) is 23.6. The Morgan fingerprint density at radius 3 is 2.86 bits per heavy atom. The Morgan fingerprint density at radius 1 is 1.50 bits per heavy atom. The van der Waals surface area contributed by atoms with Crippen LogP contribution in [0.15, 0.2) is 18.2 Å². The Morgan fingerprint density at radius 2 is 2.21 bits per heavy atom. The van der Waals surface area contributed by atoms with E-state index in [1.807, 2.05) is 0 Å². The Hall–Kier alpha value is -1.84. The van der Waals surface area contributed by atoms with Crippen molar-refractivity contribution < 1.29 is 14.7 Å². The molecule has 0 unspecified atom stereocenters. The molecular formula is C10H9NO3. The lowest BCUT2D eigenvalue weighted by Gasteiger charge is -2.12. The molecule has 0 aromatic heterocycles. The first kappa shape index (κ1) is 8.74. The molecule has 1 aromatic carbocycles. The lowest BCUT2D eigenvalue weighted by Crippen LogP contribution is -2.22. The molecule has 1 aliphatic rings. The Bertz CT molecular complexity index is 425. The molecule has 1 aliphatic heterocycles. The number of anilines is 1. The first-order valence-electron chi connectivity index (χ1n) is 4.23. The van der Waals surface area contributed by atoms with Gasteiger partial charge in [0.25, 0.3) is 0 Å². The minimum absolute atomic E-state index is 0.0614. The SMILES string of the molecule is CN1C(=O)Cc2cccc(C(=O)O)c21. The predicted octanol–water partition coefficient (Wildman–Crippen LogP) is 0.904. The lowest BCUT2D eigenvalue weighted by atomic mass is 10.1. The summed E-state index contributed by atoms with van der Waals surface area (Å²) in [7, 11) is 1.60. The summed E-state index contributed by atoms with van der Waals surface area (Å²) in [6.07, 6.45) is 0.299. The van der Waals surface area contributed by atoms with Crippen LogP contribution in [0.5, 0.6) is 0 Å². The smallest absolute Gasteiger partial charge is 0.337 e. The van der Waals surface area contributed by atoms with Gasteiger partial charge in [-0.2, -0.15) is 0 Å². The lowest BCUT2D eigenvalue weighted by molar-refractivity contribution is -0.117. The molecule has 1 aromatic rings. The number of para-hydroxylation sites is 1. The fourth-order valence-corrected chi connectivity index (χ4v) is 1.71. The fourth-order valence-electron chi connectivity index (χ4n) is 1.71. The van der Waals surface area contributed by atoms with Crippen LogP contribution in [-0.4, -0.2) is 24.0 Å². The maximum Gasteiger partial charge on any atom is 0.337 e. The van der Waals surface area contributed by atoms with E-state index in [0.29, 0.717) is 12.1 Å². The number of rotatable bonds is 1. The third-order valence-electron chi connectivity index (χ3n) is 2.40. The van der Waals surface area contributed by atoms with Gasteiger partial charge in [0.05, 0.1) is 17.7 Å². The first-order valence-corrected chi connectivity index (χ1v) is 4.23. The van der Waals surface area contributed by atoms with Gasteiger partial charge in [0.15, 0.2) is 0 Å².